The number of amides is 2. The number of nitrogens with zero attached hydrogens (tertiary/aromatic N) is 3. The van der Waals surface area contributed by atoms with E-state index in [4.69, 9.17) is 0 Å². The third-order valence-corrected chi connectivity index (χ3v) is 5.43. The van der Waals surface area contributed by atoms with Crippen molar-refractivity contribution >= 4 is 17.6 Å². The molecule has 1 aliphatic heterocycles. The van der Waals surface area contributed by atoms with Gasteiger partial charge in [0.05, 0.1) is 5.69 Å². The average Bonchev–Trinajstić information content (AvgIpc) is 3.07. The first kappa shape index (κ1) is 18.3. The molecular formula is C19H21FN6O2. The molecule has 4 rings (SSSR count). The minimum Gasteiger partial charge on any atom is -0.368 e. The number of aromatic nitrogens is 3. The second-order valence-corrected chi connectivity index (χ2v) is 7.23. The lowest BCUT2D eigenvalue weighted by atomic mass is 9.66. The molecule has 1 saturated carbocycles. The van der Waals surface area contributed by atoms with Gasteiger partial charge in [0, 0.05) is 24.7 Å². The number of nitrogens with one attached hydrogen (secondary N) is 3. The summed E-state index contributed by atoms with van der Waals surface area (Å²) in [4.78, 5) is 28.0. The van der Waals surface area contributed by atoms with Gasteiger partial charge >= 0.3 is 0 Å². The summed E-state index contributed by atoms with van der Waals surface area (Å²) in [5.41, 5.74) is 0.269. The van der Waals surface area contributed by atoms with E-state index in [1.807, 2.05) is 0 Å². The van der Waals surface area contributed by atoms with E-state index in [0.29, 0.717) is 31.0 Å². The van der Waals surface area contributed by atoms with Crippen molar-refractivity contribution in [1.29, 1.82) is 0 Å². The van der Waals surface area contributed by atoms with Gasteiger partial charge in [0.25, 0.3) is 5.91 Å². The van der Waals surface area contributed by atoms with Crippen molar-refractivity contribution in [1.82, 2.24) is 25.8 Å². The van der Waals surface area contributed by atoms with Crippen LogP contribution in [0.25, 0.3) is 0 Å². The van der Waals surface area contributed by atoms with Gasteiger partial charge in [0.15, 0.2) is 5.69 Å². The topological polar surface area (TPSA) is 109 Å². The maximum atomic E-state index is 14.2. The lowest BCUT2D eigenvalue weighted by Gasteiger charge is -2.41. The molecule has 146 valence electrons. The summed E-state index contributed by atoms with van der Waals surface area (Å²) in [5.74, 6) is -0.421. The first-order chi connectivity index (χ1) is 13.6. The van der Waals surface area contributed by atoms with Crippen molar-refractivity contribution in [2.45, 2.75) is 37.1 Å². The zero-order valence-corrected chi connectivity index (χ0v) is 15.2. The molecule has 0 bridgehead atoms. The molecule has 2 aliphatic rings. The van der Waals surface area contributed by atoms with Crippen molar-refractivity contribution in [2.75, 3.05) is 18.4 Å². The van der Waals surface area contributed by atoms with Gasteiger partial charge in [-0.1, -0.05) is 6.42 Å². The lowest BCUT2D eigenvalue weighted by Crippen LogP contribution is -2.42. The first-order valence-corrected chi connectivity index (χ1v) is 9.35. The van der Waals surface area contributed by atoms with E-state index in [9.17, 15) is 14.0 Å². The first-order valence-electron chi connectivity index (χ1n) is 9.35. The Balaban J connectivity index is 1.39. The van der Waals surface area contributed by atoms with Crippen LogP contribution in [-0.2, 0) is 10.2 Å². The van der Waals surface area contributed by atoms with Crippen LogP contribution in [0.1, 0.15) is 41.9 Å². The Kier molecular flexibility index (Phi) is 4.89. The fourth-order valence-corrected chi connectivity index (χ4v) is 3.65. The van der Waals surface area contributed by atoms with Gasteiger partial charge in [-0.25, -0.2) is 4.39 Å². The largest absolute Gasteiger partial charge is 0.368 e. The van der Waals surface area contributed by atoms with E-state index < -0.39 is 11.9 Å². The molecular weight excluding hydrogens is 363 g/mol. The Morgan fingerprint density at radius 1 is 1.29 bits per heavy atom. The number of anilines is 1. The normalized spacial score (nSPS) is 20.2. The zero-order chi connectivity index (χ0) is 19.6. The lowest BCUT2D eigenvalue weighted by molar-refractivity contribution is -0.120. The number of hydrogen-bond acceptors (Lipinski definition) is 6. The van der Waals surface area contributed by atoms with Gasteiger partial charge in [-0.15, -0.1) is 10.2 Å². The number of hydrogen-bond donors (Lipinski definition) is 3. The minimum absolute atomic E-state index is 0.138. The fourth-order valence-electron chi connectivity index (χ4n) is 3.65. The van der Waals surface area contributed by atoms with Gasteiger partial charge in [-0.2, -0.15) is 0 Å². The Labute approximate surface area is 161 Å². The van der Waals surface area contributed by atoms with Crippen molar-refractivity contribution in [2.24, 2.45) is 0 Å². The Bertz CT molecular complexity index is 884. The third-order valence-electron chi connectivity index (χ3n) is 5.43. The van der Waals surface area contributed by atoms with Gasteiger partial charge in [-0.05, 0) is 43.5 Å². The van der Waals surface area contributed by atoms with Crippen molar-refractivity contribution in [3.8, 4) is 0 Å². The number of halogens is 1. The maximum Gasteiger partial charge on any atom is 0.272 e. The summed E-state index contributed by atoms with van der Waals surface area (Å²) >= 11 is 0. The van der Waals surface area contributed by atoms with Crippen LogP contribution in [0, 0.1) is 5.82 Å². The highest BCUT2D eigenvalue weighted by atomic mass is 19.1. The van der Waals surface area contributed by atoms with Crippen LogP contribution < -0.4 is 16.0 Å². The molecule has 9 heteroatoms. The van der Waals surface area contributed by atoms with Crippen LogP contribution in [0.2, 0.25) is 0 Å². The Morgan fingerprint density at radius 3 is 2.75 bits per heavy atom. The summed E-state index contributed by atoms with van der Waals surface area (Å²) < 4.78 is 14.2. The molecule has 1 unspecified atom stereocenters. The molecule has 1 saturated heterocycles. The molecule has 2 aromatic rings. The smallest absolute Gasteiger partial charge is 0.272 e. The average molecular weight is 384 g/mol. The Morgan fingerprint density at radius 2 is 2.14 bits per heavy atom. The van der Waals surface area contributed by atoms with Crippen molar-refractivity contribution in [3.05, 3.63) is 47.7 Å². The van der Waals surface area contributed by atoms with Crippen molar-refractivity contribution in [3.63, 3.8) is 0 Å². The standard InChI is InChI=1S/C19H21FN6O2/c20-12-3-1-9-21-16(12)19(7-2-8-19)11-23-15-5-4-14(25-26-15)18(28)24-13-6-10-22-17(13)27/h1,3-5,9,13H,2,6-8,10-11H2,(H,22,27)(H,23,26)(H,24,28). The van der Waals surface area contributed by atoms with Crippen molar-refractivity contribution < 1.29 is 14.0 Å². The van der Waals surface area contributed by atoms with E-state index >= 15 is 0 Å². The molecule has 0 aromatic carbocycles. The number of pyridine rings is 1. The monoisotopic (exact) mass is 384 g/mol. The van der Waals surface area contributed by atoms with Crippen LogP contribution >= 0.6 is 0 Å². The van der Waals surface area contributed by atoms with E-state index in [1.54, 1.807) is 24.4 Å². The molecule has 2 fully saturated rings. The molecule has 3 N–H and O–H groups in total. The van der Waals surface area contributed by atoms with E-state index in [0.717, 1.165) is 19.3 Å². The van der Waals surface area contributed by atoms with Gasteiger partial charge < -0.3 is 16.0 Å². The second-order valence-electron chi connectivity index (χ2n) is 7.23. The van der Waals surface area contributed by atoms with Crippen LogP contribution in [-0.4, -0.2) is 46.1 Å². The van der Waals surface area contributed by atoms with E-state index in [2.05, 4.69) is 31.1 Å². The minimum atomic E-state index is -0.529. The second kappa shape index (κ2) is 7.49. The zero-order valence-electron chi connectivity index (χ0n) is 15.2. The summed E-state index contributed by atoms with van der Waals surface area (Å²) in [6.45, 7) is 1.04. The van der Waals surface area contributed by atoms with Crippen LogP contribution in [0.5, 0.6) is 0 Å². The summed E-state index contributed by atoms with van der Waals surface area (Å²) in [6, 6.07) is 5.69. The van der Waals surface area contributed by atoms with Gasteiger partial charge in [0.2, 0.25) is 5.91 Å². The molecule has 2 amide bonds. The number of rotatable bonds is 6. The molecule has 1 aliphatic carbocycles. The number of carbonyl (C=O) groups is 2. The highest BCUT2D eigenvalue weighted by Crippen LogP contribution is 2.43. The summed E-state index contributed by atoms with van der Waals surface area (Å²) in [7, 11) is 0. The molecule has 28 heavy (non-hydrogen) atoms. The molecule has 2 aromatic heterocycles. The van der Waals surface area contributed by atoms with E-state index in [1.165, 1.54) is 6.07 Å². The Hall–Kier alpha value is -3.10. The van der Waals surface area contributed by atoms with Crippen LogP contribution in [0.3, 0.4) is 0 Å². The molecule has 0 spiro atoms. The summed E-state index contributed by atoms with van der Waals surface area (Å²) in [5, 5.41) is 16.5. The summed E-state index contributed by atoms with van der Waals surface area (Å²) in [6.07, 6.45) is 4.90. The fraction of sp³-hybridized carbons (Fsp3) is 0.421. The highest BCUT2D eigenvalue weighted by molar-refractivity contribution is 5.96. The number of carbonyl (C=O) groups excluding carboxylic acids is 2. The molecule has 8 nitrogen and oxygen atoms in total. The van der Waals surface area contributed by atoms with Crippen LogP contribution in [0.4, 0.5) is 10.2 Å². The van der Waals surface area contributed by atoms with Gasteiger partial charge in [0.1, 0.15) is 17.7 Å². The molecule has 0 radical (unpaired) electrons. The predicted octanol–water partition coefficient (Wildman–Crippen LogP) is 1.16. The SMILES string of the molecule is O=C(NC1CCNC1=O)c1ccc(NCC2(c3ncccc3F)CCC2)nn1. The quantitative estimate of drug-likeness (QED) is 0.690. The van der Waals surface area contributed by atoms with Gasteiger partial charge in [-0.3, -0.25) is 14.6 Å². The van der Waals surface area contributed by atoms with Crippen LogP contribution in [0.15, 0.2) is 30.5 Å². The predicted molar refractivity (Wildman–Crippen MR) is 99.1 cm³/mol. The van der Waals surface area contributed by atoms with E-state index in [-0.39, 0.29) is 22.8 Å². The highest BCUT2D eigenvalue weighted by Gasteiger charge is 2.41. The third kappa shape index (κ3) is 3.51. The molecule has 3 heterocycles. The maximum absolute atomic E-state index is 14.2. The molecule has 1 atom stereocenters.